The molecule has 1 unspecified atom stereocenters. The molecule has 6 heteroatoms. The lowest BCUT2D eigenvalue weighted by molar-refractivity contribution is 0.169. The number of aliphatic hydroxyl groups is 1. The van der Waals surface area contributed by atoms with Crippen LogP contribution in [-0.4, -0.2) is 20.1 Å². The normalized spacial score (nSPS) is 13.7. The molecule has 0 aliphatic rings. The largest absolute Gasteiger partial charge is 0.388 e. The molecule has 0 amide bonds. The summed E-state index contributed by atoms with van der Waals surface area (Å²) in [4.78, 5) is 0. The van der Waals surface area contributed by atoms with E-state index < -0.39 is 16.3 Å². The van der Waals surface area contributed by atoms with E-state index in [0.717, 1.165) is 5.56 Å². The van der Waals surface area contributed by atoms with Crippen LogP contribution in [0, 0.1) is 0 Å². The second-order valence-corrected chi connectivity index (χ2v) is 4.53. The minimum atomic E-state index is -3.66. The molecule has 0 heterocycles. The smallest absolute Gasteiger partial charge is 0.274 e. The molecular formula is C9H14N2O3S. The van der Waals surface area contributed by atoms with Crippen LogP contribution in [0.3, 0.4) is 0 Å². The first-order valence-electron chi connectivity index (χ1n) is 4.49. The molecule has 0 aliphatic carbocycles. The molecule has 1 aromatic rings. The lowest BCUT2D eigenvalue weighted by Crippen LogP contribution is -2.32. The number of aliphatic hydroxyl groups excluding tert-OH is 1. The van der Waals surface area contributed by atoms with E-state index in [0.29, 0.717) is 6.42 Å². The van der Waals surface area contributed by atoms with E-state index in [9.17, 15) is 13.5 Å². The number of benzene rings is 1. The lowest BCUT2D eigenvalue weighted by Gasteiger charge is -2.10. The number of nitrogens with two attached hydrogens (primary N) is 1. The fourth-order valence-electron chi connectivity index (χ4n) is 1.18. The van der Waals surface area contributed by atoms with Crippen molar-refractivity contribution >= 4 is 10.2 Å². The molecule has 4 N–H and O–H groups in total. The van der Waals surface area contributed by atoms with E-state index in [2.05, 4.69) is 4.72 Å². The van der Waals surface area contributed by atoms with Crippen LogP contribution in [0.4, 0.5) is 0 Å². The summed E-state index contributed by atoms with van der Waals surface area (Å²) in [6, 6.07) is 9.03. The molecule has 0 fully saturated rings. The molecule has 15 heavy (non-hydrogen) atoms. The molecular weight excluding hydrogens is 216 g/mol. The summed E-state index contributed by atoms with van der Waals surface area (Å²) in [5.74, 6) is 0. The van der Waals surface area contributed by atoms with Gasteiger partial charge in [-0.25, -0.2) is 9.86 Å². The number of hydrogen-bond donors (Lipinski definition) is 3. The molecule has 0 spiro atoms. The van der Waals surface area contributed by atoms with Gasteiger partial charge in [0, 0.05) is 6.54 Å². The predicted octanol–water partition coefficient (Wildman–Crippen LogP) is -0.0968. The molecule has 1 rings (SSSR count). The van der Waals surface area contributed by atoms with E-state index in [1.807, 2.05) is 18.2 Å². The van der Waals surface area contributed by atoms with Gasteiger partial charge in [0.2, 0.25) is 0 Å². The maximum absolute atomic E-state index is 10.5. The summed E-state index contributed by atoms with van der Waals surface area (Å²) < 4.78 is 23.2. The van der Waals surface area contributed by atoms with E-state index in [1.165, 1.54) is 0 Å². The zero-order valence-corrected chi connectivity index (χ0v) is 8.94. The summed E-state index contributed by atoms with van der Waals surface area (Å²) in [5, 5.41) is 14.4. The Morgan fingerprint density at radius 3 is 2.47 bits per heavy atom. The molecule has 0 saturated heterocycles. The summed E-state index contributed by atoms with van der Waals surface area (Å²) >= 11 is 0. The highest BCUT2D eigenvalue weighted by Gasteiger charge is 2.07. The van der Waals surface area contributed by atoms with Crippen molar-refractivity contribution in [2.24, 2.45) is 5.14 Å². The summed E-state index contributed by atoms with van der Waals surface area (Å²) in [7, 11) is -3.66. The Balaban J connectivity index is 2.41. The highest BCUT2D eigenvalue weighted by molar-refractivity contribution is 7.87. The second kappa shape index (κ2) is 5.22. The fourth-order valence-corrected chi connectivity index (χ4v) is 1.58. The van der Waals surface area contributed by atoms with Crippen molar-refractivity contribution in [3.8, 4) is 0 Å². The summed E-state index contributed by atoms with van der Waals surface area (Å²) in [6.45, 7) is 0.120. The van der Waals surface area contributed by atoms with Crippen LogP contribution in [0.15, 0.2) is 30.3 Å². The van der Waals surface area contributed by atoms with Gasteiger partial charge in [0.25, 0.3) is 10.2 Å². The van der Waals surface area contributed by atoms with Crippen LogP contribution in [0.5, 0.6) is 0 Å². The second-order valence-electron chi connectivity index (χ2n) is 3.15. The maximum Gasteiger partial charge on any atom is 0.274 e. The van der Waals surface area contributed by atoms with Gasteiger partial charge in [0.1, 0.15) is 0 Å². The Kier molecular flexibility index (Phi) is 4.22. The van der Waals surface area contributed by atoms with Crippen LogP contribution in [0.25, 0.3) is 0 Å². The van der Waals surface area contributed by atoms with E-state index in [-0.39, 0.29) is 6.54 Å². The Morgan fingerprint density at radius 2 is 1.93 bits per heavy atom. The van der Waals surface area contributed by atoms with Gasteiger partial charge in [-0.1, -0.05) is 30.3 Å². The van der Waals surface area contributed by atoms with Crippen LogP contribution in [0.1, 0.15) is 18.1 Å². The van der Waals surface area contributed by atoms with Crippen molar-refractivity contribution in [2.75, 3.05) is 6.54 Å². The van der Waals surface area contributed by atoms with Crippen molar-refractivity contribution in [3.05, 3.63) is 35.9 Å². The van der Waals surface area contributed by atoms with Crippen LogP contribution in [-0.2, 0) is 10.2 Å². The molecule has 1 atom stereocenters. The molecule has 0 bridgehead atoms. The van der Waals surface area contributed by atoms with Crippen molar-refractivity contribution < 1.29 is 13.5 Å². The standard InChI is InChI=1S/C9H14N2O3S/c10-15(13,14)11-7-6-9(12)8-4-2-1-3-5-8/h1-5,9,11-12H,6-7H2,(H2,10,13,14). The molecule has 0 aromatic heterocycles. The summed E-state index contributed by atoms with van der Waals surface area (Å²) in [5.41, 5.74) is 0.758. The Hall–Kier alpha value is -0.950. The highest BCUT2D eigenvalue weighted by Crippen LogP contribution is 2.14. The van der Waals surface area contributed by atoms with Gasteiger partial charge in [-0.2, -0.15) is 8.42 Å². The van der Waals surface area contributed by atoms with Gasteiger partial charge in [-0.05, 0) is 12.0 Å². The zero-order valence-electron chi connectivity index (χ0n) is 8.13. The molecule has 0 saturated carbocycles. The van der Waals surface area contributed by atoms with E-state index in [1.54, 1.807) is 12.1 Å². The third-order valence-corrected chi connectivity index (χ3v) is 2.51. The van der Waals surface area contributed by atoms with E-state index >= 15 is 0 Å². The quantitative estimate of drug-likeness (QED) is 0.659. The van der Waals surface area contributed by atoms with Crippen molar-refractivity contribution in [1.29, 1.82) is 0 Å². The van der Waals surface area contributed by atoms with Gasteiger partial charge in [0.05, 0.1) is 6.10 Å². The Morgan fingerprint density at radius 1 is 1.33 bits per heavy atom. The third kappa shape index (κ3) is 4.89. The van der Waals surface area contributed by atoms with Crippen LogP contribution < -0.4 is 9.86 Å². The number of hydrogen-bond acceptors (Lipinski definition) is 3. The van der Waals surface area contributed by atoms with Gasteiger partial charge in [0.15, 0.2) is 0 Å². The minimum absolute atomic E-state index is 0.120. The van der Waals surface area contributed by atoms with Crippen molar-refractivity contribution in [3.63, 3.8) is 0 Å². The molecule has 1 aromatic carbocycles. The lowest BCUT2D eigenvalue weighted by atomic mass is 10.1. The topological polar surface area (TPSA) is 92.4 Å². The highest BCUT2D eigenvalue weighted by atomic mass is 32.2. The average Bonchev–Trinajstić information content (AvgIpc) is 2.17. The van der Waals surface area contributed by atoms with Crippen molar-refractivity contribution in [2.45, 2.75) is 12.5 Å². The van der Waals surface area contributed by atoms with Gasteiger partial charge in [-0.15, -0.1) is 0 Å². The zero-order chi connectivity index (χ0) is 11.3. The van der Waals surface area contributed by atoms with Crippen LogP contribution in [0.2, 0.25) is 0 Å². The number of rotatable bonds is 5. The Labute approximate surface area is 89.1 Å². The summed E-state index contributed by atoms with van der Waals surface area (Å²) in [6.07, 6.45) is -0.388. The molecule has 0 radical (unpaired) electrons. The number of nitrogens with one attached hydrogen (secondary N) is 1. The van der Waals surface area contributed by atoms with Crippen molar-refractivity contribution in [1.82, 2.24) is 4.72 Å². The van der Waals surface area contributed by atoms with Gasteiger partial charge >= 0.3 is 0 Å². The van der Waals surface area contributed by atoms with Gasteiger partial charge in [-0.3, -0.25) is 0 Å². The minimum Gasteiger partial charge on any atom is -0.388 e. The molecule has 5 nitrogen and oxygen atoms in total. The van der Waals surface area contributed by atoms with Gasteiger partial charge < -0.3 is 5.11 Å². The van der Waals surface area contributed by atoms with Crippen LogP contribution >= 0.6 is 0 Å². The first-order valence-corrected chi connectivity index (χ1v) is 6.04. The first-order chi connectivity index (χ1) is 6.99. The average molecular weight is 230 g/mol. The Bertz CT molecular complexity index is 391. The fraction of sp³-hybridized carbons (Fsp3) is 0.333. The first kappa shape index (κ1) is 12.1. The SMILES string of the molecule is NS(=O)(=O)NCCC(O)c1ccccc1. The maximum atomic E-state index is 10.5. The predicted molar refractivity (Wildman–Crippen MR) is 57.1 cm³/mol. The molecule has 84 valence electrons. The third-order valence-electron chi connectivity index (χ3n) is 1.91. The molecule has 0 aliphatic heterocycles. The van der Waals surface area contributed by atoms with E-state index in [4.69, 9.17) is 5.14 Å². The monoisotopic (exact) mass is 230 g/mol.